The molecule has 0 aliphatic rings. The fourth-order valence-electron chi connectivity index (χ4n) is 1.23. The maximum Gasteiger partial charge on any atom is 0.251 e. The molecule has 4 nitrogen and oxygen atoms in total. The number of rotatable bonds is 3. The Morgan fingerprint density at radius 3 is 2.65 bits per heavy atom. The highest BCUT2D eigenvalue weighted by atomic mass is 35.5. The molecule has 0 aliphatic carbocycles. The summed E-state index contributed by atoms with van der Waals surface area (Å²) in [7, 11) is 1.54. The average molecular weight is 253 g/mol. The minimum absolute atomic E-state index is 0.233. The molecule has 0 bridgehead atoms. The van der Waals surface area contributed by atoms with Crippen LogP contribution in [0.2, 0.25) is 5.02 Å². The second kappa shape index (κ2) is 6.06. The summed E-state index contributed by atoms with van der Waals surface area (Å²) in [4.78, 5) is 22.8. The van der Waals surface area contributed by atoms with E-state index in [1.165, 1.54) is 19.2 Å². The first-order chi connectivity index (χ1) is 8.08. The van der Waals surface area contributed by atoms with Gasteiger partial charge in [0, 0.05) is 12.6 Å². The zero-order valence-corrected chi connectivity index (χ0v) is 10.3. The van der Waals surface area contributed by atoms with Crippen LogP contribution in [0.4, 0.5) is 5.69 Å². The molecule has 0 spiro atoms. The lowest BCUT2D eigenvalue weighted by Crippen LogP contribution is -2.18. The number of carbonyl (C=O) groups is 2. The van der Waals surface area contributed by atoms with E-state index < -0.39 is 0 Å². The maximum absolute atomic E-state index is 11.4. The normalized spacial score (nSPS) is 10.3. The Kier molecular flexibility index (Phi) is 4.72. The Morgan fingerprint density at radius 1 is 1.35 bits per heavy atom. The number of halogens is 1. The predicted molar refractivity (Wildman–Crippen MR) is 68.3 cm³/mol. The molecule has 90 valence electrons. The molecule has 5 heteroatoms. The summed E-state index contributed by atoms with van der Waals surface area (Å²) in [5, 5.41) is 5.48. The van der Waals surface area contributed by atoms with E-state index in [0.717, 1.165) is 0 Å². The molecule has 0 aromatic heterocycles. The maximum atomic E-state index is 11.4. The molecule has 2 N–H and O–H groups in total. The Labute approximate surface area is 105 Å². The van der Waals surface area contributed by atoms with Gasteiger partial charge in [-0.25, -0.2) is 0 Å². The number of amides is 2. The van der Waals surface area contributed by atoms with E-state index in [1.54, 1.807) is 25.1 Å². The van der Waals surface area contributed by atoms with Gasteiger partial charge >= 0.3 is 0 Å². The van der Waals surface area contributed by atoms with Crippen LogP contribution in [0, 0.1) is 0 Å². The highest BCUT2D eigenvalue weighted by Gasteiger charge is 2.08. The first-order valence-electron chi connectivity index (χ1n) is 5.03. The topological polar surface area (TPSA) is 58.2 Å². The molecule has 0 saturated carbocycles. The Morgan fingerprint density at radius 2 is 2.06 bits per heavy atom. The molecule has 2 amide bonds. The lowest BCUT2D eigenvalue weighted by atomic mass is 10.2. The van der Waals surface area contributed by atoms with Crippen molar-refractivity contribution < 1.29 is 9.59 Å². The van der Waals surface area contributed by atoms with Crippen molar-refractivity contribution in [1.82, 2.24) is 5.32 Å². The van der Waals surface area contributed by atoms with Crippen molar-refractivity contribution >= 4 is 29.1 Å². The van der Waals surface area contributed by atoms with E-state index in [2.05, 4.69) is 10.6 Å². The number of hydrogen-bond donors (Lipinski definition) is 2. The third-order valence-corrected chi connectivity index (χ3v) is 2.36. The fraction of sp³-hybridized carbons (Fsp3) is 0.167. The van der Waals surface area contributed by atoms with Crippen LogP contribution in [0.1, 0.15) is 17.3 Å². The third-order valence-electron chi connectivity index (χ3n) is 2.03. The van der Waals surface area contributed by atoms with E-state index in [0.29, 0.717) is 16.3 Å². The van der Waals surface area contributed by atoms with Crippen LogP contribution in [0.25, 0.3) is 0 Å². The van der Waals surface area contributed by atoms with Crippen molar-refractivity contribution in [2.75, 3.05) is 12.4 Å². The van der Waals surface area contributed by atoms with Gasteiger partial charge in [-0.2, -0.15) is 0 Å². The zero-order valence-electron chi connectivity index (χ0n) is 9.58. The van der Waals surface area contributed by atoms with Crippen LogP contribution >= 0.6 is 11.6 Å². The van der Waals surface area contributed by atoms with Crippen molar-refractivity contribution in [2.24, 2.45) is 0 Å². The second-order valence-corrected chi connectivity index (χ2v) is 3.67. The summed E-state index contributed by atoms with van der Waals surface area (Å²) < 4.78 is 0. The second-order valence-electron chi connectivity index (χ2n) is 3.26. The van der Waals surface area contributed by atoms with Gasteiger partial charge in [0.1, 0.15) is 0 Å². The number of anilines is 1. The molecule has 1 aromatic carbocycles. The molecule has 0 unspecified atom stereocenters. The van der Waals surface area contributed by atoms with Crippen molar-refractivity contribution in [3.05, 3.63) is 40.9 Å². The van der Waals surface area contributed by atoms with Gasteiger partial charge in [0.15, 0.2) is 0 Å². The lowest BCUT2D eigenvalue weighted by Gasteiger charge is -2.07. The third kappa shape index (κ3) is 3.60. The number of allylic oxidation sites excluding steroid dienone is 1. The monoisotopic (exact) mass is 252 g/mol. The van der Waals surface area contributed by atoms with E-state index in [4.69, 9.17) is 11.6 Å². The van der Waals surface area contributed by atoms with E-state index in [-0.39, 0.29) is 11.8 Å². The molecule has 1 aromatic rings. The number of hydrogen-bond acceptors (Lipinski definition) is 2. The van der Waals surface area contributed by atoms with Gasteiger partial charge in [0.05, 0.1) is 10.7 Å². The zero-order chi connectivity index (χ0) is 12.8. The highest BCUT2D eigenvalue weighted by Crippen LogP contribution is 2.23. The molecule has 1 rings (SSSR count). The van der Waals surface area contributed by atoms with Gasteiger partial charge in [-0.05, 0) is 31.2 Å². The Balaban J connectivity index is 2.98. The fourth-order valence-corrected chi connectivity index (χ4v) is 1.40. The summed E-state index contributed by atoms with van der Waals surface area (Å²) in [6.45, 7) is 1.74. The summed E-state index contributed by atoms with van der Waals surface area (Å²) in [5.41, 5.74) is 0.851. The minimum atomic E-state index is -0.288. The van der Waals surface area contributed by atoms with Gasteiger partial charge in [-0.15, -0.1) is 0 Å². The van der Waals surface area contributed by atoms with Crippen molar-refractivity contribution in [3.63, 3.8) is 0 Å². The van der Waals surface area contributed by atoms with Gasteiger partial charge in [0.2, 0.25) is 5.91 Å². The number of benzene rings is 1. The molecular formula is C12H13ClN2O2. The molecule has 0 aliphatic heterocycles. The van der Waals surface area contributed by atoms with Crippen LogP contribution in [-0.2, 0) is 4.79 Å². The molecule has 17 heavy (non-hydrogen) atoms. The van der Waals surface area contributed by atoms with E-state index >= 15 is 0 Å². The van der Waals surface area contributed by atoms with Crippen LogP contribution in [0.5, 0.6) is 0 Å². The van der Waals surface area contributed by atoms with Crippen LogP contribution < -0.4 is 10.6 Å². The van der Waals surface area contributed by atoms with Crippen molar-refractivity contribution in [1.29, 1.82) is 0 Å². The van der Waals surface area contributed by atoms with Crippen molar-refractivity contribution in [2.45, 2.75) is 6.92 Å². The molecule has 0 radical (unpaired) electrons. The molecule has 0 heterocycles. The van der Waals surface area contributed by atoms with Crippen LogP contribution in [-0.4, -0.2) is 18.9 Å². The van der Waals surface area contributed by atoms with E-state index in [1.807, 2.05) is 0 Å². The van der Waals surface area contributed by atoms with Gasteiger partial charge in [-0.3, -0.25) is 9.59 Å². The summed E-state index contributed by atoms with van der Waals surface area (Å²) in [5.74, 6) is -0.522. The summed E-state index contributed by atoms with van der Waals surface area (Å²) >= 11 is 5.92. The van der Waals surface area contributed by atoms with Gasteiger partial charge < -0.3 is 10.6 Å². The largest absolute Gasteiger partial charge is 0.355 e. The van der Waals surface area contributed by atoms with Crippen molar-refractivity contribution in [3.8, 4) is 0 Å². The minimum Gasteiger partial charge on any atom is -0.355 e. The SMILES string of the molecule is CC=CC(=O)Nc1cc(C(=O)NC)ccc1Cl. The number of carbonyl (C=O) groups excluding carboxylic acids is 2. The predicted octanol–water partition coefficient (Wildman–Crippen LogP) is 2.21. The smallest absolute Gasteiger partial charge is 0.251 e. The first-order valence-corrected chi connectivity index (χ1v) is 5.41. The number of nitrogens with one attached hydrogen (secondary N) is 2. The van der Waals surface area contributed by atoms with Crippen LogP contribution in [0.15, 0.2) is 30.4 Å². The standard InChI is InChI=1S/C12H13ClN2O2/c1-3-4-11(16)15-10-7-8(12(17)14-2)5-6-9(10)13/h3-7H,1-2H3,(H,14,17)(H,15,16). The highest BCUT2D eigenvalue weighted by molar-refractivity contribution is 6.34. The Bertz CT molecular complexity index is 470. The molecule has 0 fully saturated rings. The van der Waals surface area contributed by atoms with Crippen LogP contribution in [0.3, 0.4) is 0 Å². The lowest BCUT2D eigenvalue weighted by molar-refractivity contribution is -0.111. The quantitative estimate of drug-likeness (QED) is 0.811. The molecule has 0 saturated heterocycles. The van der Waals surface area contributed by atoms with E-state index in [9.17, 15) is 9.59 Å². The first kappa shape index (κ1) is 13.3. The molecular weight excluding hydrogens is 240 g/mol. The van der Waals surface area contributed by atoms with Gasteiger partial charge in [0.25, 0.3) is 5.91 Å². The Hall–Kier alpha value is -1.81. The molecule has 0 atom stereocenters. The average Bonchev–Trinajstić information content (AvgIpc) is 2.31. The summed E-state index contributed by atoms with van der Waals surface area (Å²) in [6.07, 6.45) is 2.99. The summed E-state index contributed by atoms with van der Waals surface area (Å²) in [6, 6.07) is 4.69. The van der Waals surface area contributed by atoms with Gasteiger partial charge in [-0.1, -0.05) is 17.7 Å².